The van der Waals surface area contributed by atoms with E-state index in [1.165, 1.54) is 24.3 Å². The van der Waals surface area contributed by atoms with Crippen molar-refractivity contribution in [3.8, 4) is 0 Å². The molecule has 0 heterocycles. The zero-order chi connectivity index (χ0) is 26.2. The number of nitro benzene ring substituents is 2. The molecule has 0 bridgehead atoms. The van der Waals surface area contributed by atoms with Crippen molar-refractivity contribution in [3.63, 3.8) is 0 Å². The van der Waals surface area contributed by atoms with Crippen molar-refractivity contribution in [3.05, 3.63) is 104 Å². The number of amides is 2. The molecule has 3 aromatic carbocycles. The largest absolute Gasteiger partial charge is 0.325 e. The number of benzene rings is 3. The first-order valence-corrected chi connectivity index (χ1v) is 10.8. The predicted molar refractivity (Wildman–Crippen MR) is 133 cm³/mol. The molecule has 0 aliphatic rings. The van der Waals surface area contributed by atoms with Crippen molar-refractivity contribution < 1.29 is 19.4 Å². The van der Waals surface area contributed by atoms with Crippen LogP contribution in [0.25, 0.3) is 0 Å². The molecule has 0 aliphatic heterocycles. The smallest absolute Gasteiger partial charge is 0.269 e. The molecule has 12 heteroatoms. The molecule has 3 rings (SSSR count). The highest BCUT2D eigenvalue weighted by Gasteiger charge is 2.17. The molecule has 0 unspecified atom stereocenters. The molecule has 0 saturated carbocycles. The second kappa shape index (κ2) is 11.6. The maximum atomic E-state index is 12.4. The molecular formula is C24H24N6O6. The molecular weight excluding hydrogens is 468 g/mol. The Labute approximate surface area is 205 Å². The summed E-state index contributed by atoms with van der Waals surface area (Å²) in [5, 5.41) is 26.8. The normalized spacial score (nSPS) is 12.3. The highest BCUT2D eigenvalue weighted by Crippen LogP contribution is 2.17. The van der Waals surface area contributed by atoms with Gasteiger partial charge in [0, 0.05) is 35.6 Å². The highest BCUT2D eigenvalue weighted by atomic mass is 16.6. The standard InChI is InChI=1S/C24H24N6O6/c25-21(13-15-1-9-19(10-2-15)29(33)34)23(31)27-17-5-7-18(8-6-17)28-24(32)22(26)14-16-3-11-20(12-4-16)30(35)36/h1-12,21-22H,13-14,25-26H2,(H,27,31)(H,28,32)/t21-,22-/m0/s1. The average Bonchev–Trinajstić information content (AvgIpc) is 2.85. The number of nitrogens with two attached hydrogens (primary N) is 2. The Morgan fingerprint density at radius 1 is 0.639 bits per heavy atom. The number of anilines is 2. The summed E-state index contributed by atoms with van der Waals surface area (Å²) < 4.78 is 0. The molecule has 12 nitrogen and oxygen atoms in total. The lowest BCUT2D eigenvalue weighted by molar-refractivity contribution is -0.385. The lowest BCUT2D eigenvalue weighted by atomic mass is 10.1. The van der Waals surface area contributed by atoms with Crippen molar-refractivity contribution in [1.82, 2.24) is 0 Å². The van der Waals surface area contributed by atoms with Gasteiger partial charge in [-0.25, -0.2) is 0 Å². The van der Waals surface area contributed by atoms with E-state index >= 15 is 0 Å². The predicted octanol–water partition coefficient (Wildman–Crippen LogP) is 2.52. The van der Waals surface area contributed by atoms with Crippen LogP contribution < -0.4 is 22.1 Å². The number of nitrogens with one attached hydrogen (secondary N) is 2. The minimum atomic E-state index is -0.872. The molecule has 36 heavy (non-hydrogen) atoms. The van der Waals surface area contributed by atoms with Gasteiger partial charge in [-0.2, -0.15) is 0 Å². The Morgan fingerprint density at radius 2 is 0.944 bits per heavy atom. The fourth-order valence-electron chi connectivity index (χ4n) is 3.31. The first-order valence-electron chi connectivity index (χ1n) is 10.8. The van der Waals surface area contributed by atoms with E-state index in [0.29, 0.717) is 22.5 Å². The summed E-state index contributed by atoms with van der Waals surface area (Å²) in [4.78, 5) is 45.3. The molecule has 0 saturated heterocycles. The Bertz CT molecular complexity index is 1150. The van der Waals surface area contributed by atoms with Crippen LogP contribution in [0.1, 0.15) is 11.1 Å². The first kappa shape index (κ1) is 25.9. The second-order valence-electron chi connectivity index (χ2n) is 8.02. The van der Waals surface area contributed by atoms with Crippen molar-refractivity contribution >= 4 is 34.6 Å². The Balaban J connectivity index is 1.50. The third-order valence-corrected chi connectivity index (χ3v) is 5.30. The SMILES string of the molecule is N[C@@H](Cc1ccc([N+](=O)[O-])cc1)C(=O)Nc1ccc(NC(=O)[C@@H](N)Cc2ccc([N+](=O)[O-])cc2)cc1. The molecule has 2 amide bonds. The van der Waals surface area contributed by atoms with E-state index in [0.717, 1.165) is 0 Å². The van der Waals surface area contributed by atoms with Gasteiger partial charge in [0.25, 0.3) is 11.4 Å². The average molecular weight is 492 g/mol. The summed E-state index contributed by atoms with van der Waals surface area (Å²) in [6.45, 7) is 0. The van der Waals surface area contributed by atoms with Gasteiger partial charge in [-0.15, -0.1) is 0 Å². The van der Waals surface area contributed by atoms with E-state index in [1.807, 2.05) is 0 Å². The van der Waals surface area contributed by atoms with Gasteiger partial charge in [-0.05, 0) is 48.2 Å². The van der Waals surface area contributed by atoms with Crippen LogP contribution in [0, 0.1) is 20.2 Å². The van der Waals surface area contributed by atoms with Crippen LogP contribution in [-0.2, 0) is 22.4 Å². The van der Waals surface area contributed by atoms with Crippen LogP contribution >= 0.6 is 0 Å². The number of nitro groups is 2. The fraction of sp³-hybridized carbons (Fsp3) is 0.167. The van der Waals surface area contributed by atoms with E-state index in [2.05, 4.69) is 10.6 Å². The zero-order valence-electron chi connectivity index (χ0n) is 19.0. The number of nitrogens with zero attached hydrogens (tertiary/aromatic N) is 2. The van der Waals surface area contributed by atoms with Gasteiger partial charge in [0.1, 0.15) is 0 Å². The summed E-state index contributed by atoms with van der Waals surface area (Å²) in [5.41, 5.74) is 14.1. The summed E-state index contributed by atoms with van der Waals surface area (Å²) >= 11 is 0. The van der Waals surface area contributed by atoms with Gasteiger partial charge in [0.15, 0.2) is 0 Å². The monoisotopic (exact) mass is 492 g/mol. The van der Waals surface area contributed by atoms with Gasteiger partial charge in [0.05, 0.1) is 21.9 Å². The van der Waals surface area contributed by atoms with Gasteiger partial charge in [0.2, 0.25) is 11.8 Å². The minimum absolute atomic E-state index is 0.0451. The topological polar surface area (TPSA) is 197 Å². The Kier molecular flexibility index (Phi) is 8.39. The van der Waals surface area contributed by atoms with Crippen LogP contribution in [0.2, 0.25) is 0 Å². The summed E-state index contributed by atoms with van der Waals surface area (Å²) in [6.07, 6.45) is 0.398. The molecule has 6 N–H and O–H groups in total. The van der Waals surface area contributed by atoms with E-state index in [9.17, 15) is 29.8 Å². The van der Waals surface area contributed by atoms with Gasteiger partial charge < -0.3 is 22.1 Å². The van der Waals surface area contributed by atoms with E-state index in [1.54, 1.807) is 48.5 Å². The van der Waals surface area contributed by atoms with Crippen molar-refractivity contribution in [1.29, 1.82) is 0 Å². The minimum Gasteiger partial charge on any atom is -0.325 e. The van der Waals surface area contributed by atoms with Crippen LogP contribution in [-0.4, -0.2) is 33.7 Å². The highest BCUT2D eigenvalue weighted by molar-refractivity contribution is 5.96. The van der Waals surface area contributed by atoms with E-state index in [4.69, 9.17) is 11.5 Å². The molecule has 0 radical (unpaired) electrons. The molecule has 0 aromatic heterocycles. The zero-order valence-corrected chi connectivity index (χ0v) is 19.0. The van der Waals surface area contributed by atoms with Crippen LogP contribution in [0.3, 0.4) is 0 Å². The Morgan fingerprint density at radius 3 is 1.22 bits per heavy atom. The maximum absolute atomic E-state index is 12.4. The number of hydrogen-bond acceptors (Lipinski definition) is 8. The number of hydrogen-bond donors (Lipinski definition) is 4. The van der Waals surface area contributed by atoms with Crippen LogP contribution in [0.5, 0.6) is 0 Å². The molecule has 3 aromatic rings. The lowest BCUT2D eigenvalue weighted by Crippen LogP contribution is -2.37. The van der Waals surface area contributed by atoms with E-state index in [-0.39, 0.29) is 24.2 Å². The maximum Gasteiger partial charge on any atom is 0.269 e. The second-order valence-corrected chi connectivity index (χ2v) is 8.02. The summed E-state index contributed by atoms with van der Waals surface area (Å²) in [6, 6.07) is 16.2. The Hall–Kier alpha value is -4.68. The van der Waals surface area contributed by atoms with Gasteiger partial charge in [-0.1, -0.05) is 24.3 Å². The van der Waals surface area contributed by atoms with Crippen molar-refractivity contribution in [2.24, 2.45) is 11.5 Å². The van der Waals surface area contributed by atoms with Gasteiger partial charge in [-0.3, -0.25) is 29.8 Å². The fourth-order valence-corrected chi connectivity index (χ4v) is 3.31. The quantitative estimate of drug-likeness (QED) is 0.244. The third-order valence-electron chi connectivity index (χ3n) is 5.30. The number of carbonyl (C=O) groups is 2. The summed E-state index contributed by atoms with van der Waals surface area (Å²) in [7, 11) is 0. The lowest BCUT2D eigenvalue weighted by Gasteiger charge is -2.14. The molecule has 2 atom stereocenters. The summed E-state index contributed by atoms with van der Waals surface area (Å²) in [5.74, 6) is -0.870. The van der Waals surface area contributed by atoms with Crippen LogP contribution in [0.4, 0.5) is 22.7 Å². The number of rotatable bonds is 10. The number of non-ortho nitro benzene ring substituents is 2. The first-order chi connectivity index (χ1) is 17.1. The van der Waals surface area contributed by atoms with Crippen molar-refractivity contribution in [2.75, 3.05) is 10.6 Å². The van der Waals surface area contributed by atoms with Gasteiger partial charge >= 0.3 is 0 Å². The van der Waals surface area contributed by atoms with E-state index < -0.39 is 33.7 Å². The molecule has 0 aliphatic carbocycles. The van der Waals surface area contributed by atoms with Crippen molar-refractivity contribution in [2.45, 2.75) is 24.9 Å². The third kappa shape index (κ3) is 7.16. The molecule has 0 fully saturated rings. The van der Waals surface area contributed by atoms with Crippen LogP contribution in [0.15, 0.2) is 72.8 Å². The molecule has 186 valence electrons. The molecule has 0 spiro atoms. The number of carbonyl (C=O) groups excluding carboxylic acids is 2.